The lowest BCUT2D eigenvalue weighted by Gasteiger charge is -2.37. The maximum Gasteiger partial charge on any atom is 0.312 e. The van der Waals surface area contributed by atoms with Crippen LogP contribution in [0.4, 0.5) is 0 Å². The summed E-state index contributed by atoms with van der Waals surface area (Å²) in [4.78, 5) is 19.8. The monoisotopic (exact) mass is 378 g/mol. The largest absolute Gasteiger partial charge is 0.493 e. The Morgan fingerprint density at radius 3 is 2.68 bits per heavy atom. The number of carbonyl (C=O) groups is 1. The van der Waals surface area contributed by atoms with Crippen LogP contribution in [-0.2, 0) is 10.2 Å². The van der Waals surface area contributed by atoms with Crippen molar-refractivity contribution in [1.82, 2.24) is 9.97 Å². The number of nitrogens with zero attached hydrogens (tertiary/aromatic N) is 2. The highest BCUT2D eigenvalue weighted by Crippen LogP contribution is 2.43. The van der Waals surface area contributed by atoms with Gasteiger partial charge in [0.1, 0.15) is 11.4 Å². The van der Waals surface area contributed by atoms with Crippen molar-refractivity contribution in [1.29, 1.82) is 0 Å². The summed E-state index contributed by atoms with van der Waals surface area (Å²) in [5.74, 6) is 7.06. The summed E-state index contributed by atoms with van der Waals surface area (Å²) in [6.45, 7) is 7.16. The highest BCUT2D eigenvalue weighted by atomic mass is 16.5. The van der Waals surface area contributed by atoms with Crippen LogP contribution < -0.4 is 9.47 Å². The minimum atomic E-state index is -0.303. The highest BCUT2D eigenvalue weighted by Gasteiger charge is 2.34. The summed E-state index contributed by atoms with van der Waals surface area (Å²) in [5.41, 5.74) is 2.87. The Bertz CT molecular complexity index is 890. The van der Waals surface area contributed by atoms with Gasteiger partial charge in [0.2, 0.25) is 5.88 Å². The summed E-state index contributed by atoms with van der Waals surface area (Å²) in [6, 6.07) is 6.13. The zero-order chi connectivity index (χ0) is 20.0. The number of esters is 1. The van der Waals surface area contributed by atoms with Crippen LogP contribution in [-0.4, -0.2) is 22.5 Å². The van der Waals surface area contributed by atoms with E-state index < -0.39 is 0 Å². The quantitative estimate of drug-likeness (QED) is 0.569. The van der Waals surface area contributed by atoms with E-state index in [1.165, 1.54) is 18.0 Å². The van der Waals surface area contributed by atoms with Gasteiger partial charge >= 0.3 is 5.97 Å². The van der Waals surface area contributed by atoms with Gasteiger partial charge in [0.15, 0.2) is 0 Å². The van der Waals surface area contributed by atoms with Crippen molar-refractivity contribution in [2.45, 2.75) is 58.3 Å². The number of fused-ring (bicyclic) bond motifs is 1. The van der Waals surface area contributed by atoms with Gasteiger partial charge in [0.05, 0.1) is 19.0 Å². The van der Waals surface area contributed by atoms with Crippen LogP contribution in [0, 0.1) is 11.8 Å². The standard InChI is InChI=1S/C23H26N2O3/c1-4-7-22(26)28-21-16-24-18(15-25-21)10-8-17-9-11-20-19(14-17)23(5-2,6-3)12-13-27-20/h9,11,14-16H,4-7,12-13H2,1-3H3. The molecular weight excluding hydrogens is 352 g/mol. The molecule has 0 aliphatic carbocycles. The molecule has 0 atom stereocenters. The molecule has 0 saturated carbocycles. The van der Waals surface area contributed by atoms with E-state index in [1.54, 1.807) is 0 Å². The fourth-order valence-electron chi connectivity index (χ4n) is 3.56. The van der Waals surface area contributed by atoms with E-state index in [1.807, 2.05) is 19.1 Å². The van der Waals surface area contributed by atoms with E-state index in [2.05, 4.69) is 41.7 Å². The van der Waals surface area contributed by atoms with Crippen molar-refractivity contribution in [2.24, 2.45) is 0 Å². The molecular formula is C23H26N2O3. The zero-order valence-corrected chi connectivity index (χ0v) is 16.7. The average Bonchev–Trinajstić information content (AvgIpc) is 2.73. The van der Waals surface area contributed by atoms with Gasteiger partial charge in [-0.2, -0.15) is 0 Å². The van der Waals surface area contributed by atoms with E-state index in [0.717, 1.165) is 43.6 Å². The molecule has 0 bridgehead atoms. The molecule has 0 saturated heterocycles. The van der Waals surface area contributed by atoms with Crippen molar-refractivity contribution in [3.05, 3.63) is 47.4 Å². The number of carbonyl (C=O) groups excluding carboxylic acids is 1. The zero-order valence-electron chi connectivity index (χ0n) is 16.7. The van der Waals surface area contributed by atoms with E-state index in [-0.39, 0.29) is 17.3 Å². The second-order valence-corrected chi connectivity index (χ2v) is 7.01. The molecule has 3 rings (SSSR count). The Balaban J connectivity index is 1.78. The van der Waals surface area contributed by atoms with Gasteiger partial charge in [-0.05, 0) is 49.8 Å². The van der Waals surface area contributed by atoms with Gasteiger partial charge in [0, 0.05) is 23.0 Å². The second-order valence-electron chi connectivity index (χ2n) is 7.01. The van der Waals surface area contributed by atoms with Crippen LogP contribution in [0.25, 0.3) is 0 Å². The molecule has 2 heterocycles. The fraction of sp³-hybridized carbons (Fsp3) is 0.435. The molecule has 1 aliphatic rings. The molecule has 28 heavy (non-hydrogen) atoms. The van der Waals surface area contributed by atoms with Gasteiger partial charge < -0.3 is 9.47 Å². The highest BCUT2D eigenvalue weighted by molar-refractivity contribution is 5.71. The third kappa shape index (κ3) is 4.33. The third-order valence-electron chi connectivity index (χ3n) is 5.38. The molecule has 5 nitrogen and oxygen atoms in total. The van der Waals surface area contributed by atoms with E-state index in [9.17, 15) is 4.79 Å². The number of hydrogen-bond acceptors (Lipinski definition) is 5. The number of benzene rings is 1. The molecule has 0 spiro atoms. The summed E-state index contributed by atoms with van der Waals surface area (Å²) < 4.78 is 11.0. The Hall–Kier alpha value is -2.87. The molecule has 1 aliphatic heterocycles. The molecule has 0 fully saturated rings. The molecule has 0 amide bonds. The first-order chi connectivity index (χ1) is 13.6. The topological polar surface area (TPSA) is 61.3 Å². The van der Waals surface area contributed by atoms with Gasteiger partial charge in [0.25, 0.3) is 0 Å². The maximum atomic E-state index is 11.5. The van der Waals surface area contributed by atoms with Crippen LogP contribution in [0.2, 0.25) is 0 Å². The van der Waals surface area contributed by atoms with Crippen molar-refractivity contribution in [3.63, 3.8) is 0 Å². The Kier molecular flexibility index (Phi) is 6.30. The van der Waals surface area contributed by atoms with Gasteiger partial charge in [-0.25, -0.2) is 9.97 Å². The number of hydrogen-bond donors (Lipinski definition) is 0. The smallest absolute Gasteiger partial charge is 0.312 e. The maximum absolute atomic E-state index is 11.5. The van der Waals surface area contributed by atoms with E-state index in [0.29, 0.717) is 12.1 Å². The first-order valence-corrected chi connectivity index (χ1v) is 9.92. The number of rotatable bonds is 5. The molecule has 5 heteroatoms. The van der Waals surface area contributed by atoms with E-state index in [4.69, 9.17) is 9.47 Å². The second kappa shape index (κ2) is 8.88. The predicted molar refractivity (Wildman–Crippen MR) is 107 cm³/mol. The van der Waals surface area contributed by atoms with E-state index >= 15 is 0 Å². The lowest BCUT2D eigenvalue weighted by molar-refractivity contribution is -0.134. The number of ether oxygens (including phenoxy) is 2. The van der Waals surface area contributed by atoms with Gasteiger partial charge in [-0.15, -0.1) is 0 Å². The van der Waals surface area contributed by atoms with Crippen molar-refractivity contribution < 1.29 is 14.3 Å². The van der Waals surface area contributed by atoms with Crippen LogP contribution in [0.1, 0.15) is 69.7 Å². The Labute approximate surface area is 166 Å². The molecule has 146 valence electrons. The lowest BCUT2D eigenvalue weighted by atomic mass is 9.71. The van der Waals surface area contributed by atoms with Crippen molar-refractivity contribution in [3.8, 4) is 23.5 Å². The summed E-state index contributed by atoms with van der Waals surface area (Å²) in [6.07, 6.45) is 7.25. The number of aromatic nitrogens is 2. The predicted octanol–water partition coefficient (Wildman–Crippen LogP) is 4.42. The molecule has 1 aromatic heterocycles. The molecule has 0 radical (unpaired) electrons. The minimum absolute atomic E-state index is 0.162. The first-order valence-electron chi connectivity index (χ1n) is 9.92. The fourth-order valence-corrected chi connectivity index (χ4v) is 3.56. The van der Waals surface area contributed by atoms with Crippen LogP contribution in [0.15, 0.2) is 30.6 Å². The summed E-state index contributed by atoms with van der Waals surface area (Å²) in [5, 5.41) is 0. The SMILES string of the molecule is CCCC(=O)Oc1cnc(C#Cc2ccc3c(c2)C(CC)(CC)CCO3)cn1. The molecule has 0 N–H and O–H groups in total. The molecule has 1 aromatic carbocycles. The van der Waals surface area contributed by atoms with Gasteiger partial charge in [-0.3, -0.25) is 4.79 Å². The van der Waals surface area contributed by atoms with Crippen LogP contribution in [0.5, 0.6) is 11.6 Å². The first kappa shape index (κ1) is 19.9. The average molecular weight is 378 g/mol. The van der Waals surface area contributed by atoms with Crippen molar-refractivity contribution in [2.75, 3.05) is 6.61 Å². The Morgan fingerprint density at radius 2 is 2.00 bits per heavy atom. The van der Waals surface area contributed by atoms with Crippen LogP contribution in [0.3, 0.4) is 0 Å². The van der Waals surface area contributed by atoms with Crippen molar-refractivity contribution >= 4 is 5.97 Å². The summed E-state index contributed by atoms with van der Waals surface area (Å²) >= 11 is 0. The summed E-state index contributed by atoms with van der Waals surface area (Å²) in [7, 11) is 0. The Morgan fingerprint density at radius 1 is 1.18 bits per heavy atom. The minimum Gasteiger partial charge on any atom is -0.493 e. The third-order valence-corrected chi connectivity index (χ3v) is 5.38. The molecule has 2 aromatic rings. The lowest BCUT2D eigenvalue weighted by Crippen LogP contribution is -2.31. The van der Waals surface area contributed by atoms with Gasteiger partial charge in [-0.1, -0.05) is 26.7 Å². The molecule has 0 unspecified atom stereocenters. The van der Waals surface area contributed by atoms with Crippen LogP contribution >= 0.6 is 0 Å². The normalized spacial score (nSPS) is 14.2.